The number of piperidine rings is 1. The molecule has 32 heavy (non-hydrogen) atoms. The van der Waals surface area contributed by atoms with Gasteiger partial charge in [0.1, 0.15) is 5.82 Å². The van der Waals surface area contributed by atoms with Crippen molar-refractivity contribution in [2.45, 2.75) is 37.0 Å². The summed E-state index contributed by atoms with van der Waals surface area (Å²) in [5.74, 6) is -1.89. The van der Waals surface area contributed by atoms with Gasteiger partial charge in [0, 0.05) is 31.7 Å². The highest BCUT2D eigenvalue weighted by atomic mass is 32.2. The molecule has 7 nitrogen and oxygen atoms in total. The maximum absolute atomic E-state index is 13.8. The molecule has 0 radical (unpaired) electrons. The van der Waals surface area contributed by atoms with Crippen LogP contribution in [0.5, 0.6) is 0 Å². The van der Waals surface area contributed by atoms with Crippen LogP contribution in [0.25, 0.3) is 0 Å². The molecule has 0 unspecified atom stereocenters. The van der Waals surface area contributed by atoms with Crippen molar-refractivity contribution in [3.8, 4) is 0 Å². The van der Waals surface area contributed by atoms with E-state index in [1.165, 1.54) is 29.0 Å². The third-order valence-corrected chi connectivity index (χ3v) is 8.13. The van der Waals surface area contributed by atoms with Gasteiger partial charge in [0.15, 0.2) is 0 Å². The molecule has 0 saturated carbocycles. The van der Waals surface area contributed by atoms with Crippen molar-refractivity contribution in [2.75, 3.05) is 25.5 Å². The predicted octanol–water partition coefficient (Wildman–Crippen LogP) is 2.71. The van der Waals surface area contributed by atoms with E-state index in [1.807, 2.05) is 6.07 Å². The SMILES string of the molecule is CNC(=O)c1cc(NC(=O)C2CCN(S(=O)(=O)c3ccc4c(c3)CCC4)CC2)ccc1F. The predicted molar refractivity (Wildman–Crippen MR) is 118 cm³/mol. The fraction of sp³-hybridized carbons (Fsp3) is 0.391. The van der Waals surface area contributed by atoms with Crippen LogP contribution >= 0.6 is 0 Å². The van der Waals surface area contributed by atoms with Gasteiger partial charge < -0.3 is 10.6 Å². The van der Waals surface area contributed by atoms with Crippen molar-refractivity contribution < 1.29 is 22.4 Å². The average Bonchev–Trinajstić information content (AvgIpc) is 3.28. The van der Waals surface area contributed by atoms with Crippen molar-refractivity contribution in [1.82, 2.24) is 9.62 Å². The molecule has 2 aliphatic rings. The lowest BCUT2D eigenvalue weighted by Gasteiger charge is -2.30. The number of fused-ring (bicyclic) bond motifs is 1. The number of hydrogen-bond acceptors (Lipinski definition) is 4. The molecule has 2 aromatic rings. The highest BCUT2D eigenvalue weighted by molar-refractivity contribution is 7.89. The molecule has 9 heteroatoms. The van der Waals surface area contributed by atoms with Gasteiger partial charge in [-0.3, -0.25) is 9.59 Å². The van der Waals surface area contributed by atoms with Crippen molar-refractivity contribution >= 4 is 27.5 Å². The second kappa shape index (κ2) is 8.99. The van der Waals surface area contributed by atoms with Gasteiger partial charge in [0.05, 0.1) is 10.5 Å². The lowest BCUT2D eigenvalue weighted by molar-refractivity contribution is -0.120. The monoisotopic (exact) mass is 459 g/mol. The second-order valence-corrected chi connectivity index (χ2v) is 10.2. The van der Waals surface area contributed by atoms with E-state index in [9.17, 15) is 22.4 Å². The minimum Gasteiger partial charge on any atom is -0.355 e. The number of anilines is 1. The van der Waals surface area contributed by atoms with Gasteiger partial charge in [-0.25, -0.2) is 12.8 Å². The van der Waals surface area contributed by atoms with Gasteiger partial charge in [-0.1, -0.05) is 6.07 Å². The lowest BCUT2D eigenvalue weighted by Crippen LogP contribution is -2.41. The van der Waals surface area contributed by atoms with Crippen LogP contribution in [0, 0.1) is 11.7 Å². The number of amides is 2. The smallest absolute Gasteiger partial charge is 0.254 e. The second-order valence-electron chi connectivity index (χ2n) is 8.23. The van der Waals surface area contributed by atoms with E-state index < -0.39 is 21.7 Å². The number of sulfonamides is 1. The number of carbonyl (C=O) groups is 2. The summed E-state index contributed by atoms with van der Waals surface area (Å²) >= 11 is 0. The van der Waals surface area contributed by atoms with E-state index in [1.54, 1.807) is 12.1 Å². The lowest BCUT2D eigenvalue weighted by atomic mass is 9.97. The molecule has 1 heterocycles. The Balaban J connectivity index is 1.39. The summed E-state index contributed by atoms with van der Waals surface area (Å²) in [7, 11) is -2.20. The molecular formula is C23H26FN3O4S. The van der Waals surface area contributed by atoms with Crippen LogP contribution in [0.15, 0.2) is 41.3 Å². The third-order valence-electron chi connectivity index (χ3n) is 6.24. The number of nitrogens with one attached hydrogen (secondary N) is 2. The molecular weight excluding hydrogens is 433 g/mol. The minimum atomic E-state index is -3.60. The van der Waals surface area contributed by atoms with E-state index in [0.717, 1.165) is 30.9 Å². The molecule has 1 saturated heterocycles. The van der Waals surface area contributed by atoms with Crippen LogP contribution in [0.3, 0.4) is 0 Å². The Bertz CT molecular complexity index is 1160. The molecule has 0 atom stereocenters. The van der Waals surface area contributed by atoms with Crippen LogP contribution in [-0.2, 0) is 27.7 Å². The molecule has 2 N–H and O–H groups in total. The van der Waals surface area contributed by atoms with Gasteiger partial charge in [0.25, 0.3) is 5.91 Å². The Hall–Kier alpha value is -2.78. The van der Waals surface area contributed by atoms with Crippen LogP contribution in [-0.4, -0.2) is 44.7 Å². The van der Waals surface area contributed by atoms with E-state index in [0.29, 0.717) is 23.4 Å². The average molecular weight is 460 g/mol. The number of carbonyl (C=O) groups excluding carboxylic acids is 2. The number of rotatable bonds is 5. The zero-order valence-corrected chi connectivity index (χ0v) is 18.7. The first-order valence-corrected chi connectivity index (χ1v) is 12.2. The molecule has 0 bridgehead atoms. The van der Waals surface area contributed by atoms with Crippen LogP contribution in [0.1, 0.15) is 40.7 Å². The Kier molecular flexibility index (Phi) is 6.30. The van der Waals surface area contributed by atoms with Gasteiger partial charge in [-0.05, 0) is 73.6 Å². The fourth-order valence-electron chi connectivity index (χ4n) is 4.37. The molecule has 1 aliphatic carbocycles. The first-order valence-electron chi connectivity index (χ1n) is 10.7. The van der Waals surface area contributed by atoms with Crippen LogP contribution < -0.4 is 10.6 Å². The Morgan fingerprint density at radius 1 is 1.03 bits per heavy atom. The topological polar surface area (TPSA) is 95.6 Å². The molecule has 0 aromatic heterocycles. The largest absolute Gasteiger partial charge is 0.355 e. The summed E-state index contributed by atoms with van der Waals surface area (Å²) in [6.45, 7) is 0.509. The highest BCUT2D eigenvalue weighted by Crippen LogP contribution is 2.29. The Labute approximate surface area is 187 Å². The Morgan fingerprint density at radius 2 is 1.75 bits per heavy atom. The summed E-state index contributed by atoms with van der Waals surface area (Å²) < 4.78 is 41.4. The fourth-order valence-corrected chi connectivity index (χ4v) is 5.89. The number of halogens is 1. The van der Waals surface area contributed by atoms with Crippen molar-refractivity contribution in [2.24, 2.45) is 5.92 Å². The summed E-state index contributed by atoms with van der Waals surface area (Å²) in [6.07, 6.45) is 3.73. The molecule has 1 fully saturated rings. The maximum atomic E-state index is 13.8. The molecule has 0 spiro atoms. The van der Waals surface area contributed by atoms with Crippen LogP contribution in [0.4, 0.5) is 10.1 Å². The van der Waals surface area contributed by atoms with E-state index in [2.05, 4.69) is 10.6 Å². The zero-order valence-electron chi connectivity index (χ0n) is 17.9. The molecule has 2 aromatic carbocycles. The van der Waals surface area contributed by atoms with Gasteiger partial charge in [-0.2, -0.15) is 4.31 Å². The van der Waals surface area contributed by atoms with Crippen LogP contribution in [0.2, 0.25) is 0 Å². The first-order chi connectivity index (χ1) is 15.3. The van der Waals surface area contributed by atoms with Gasteiger partial charge in [0.2, 0.25) is 15.9 Å². The van der Waals surface area contributed by atoms with Crippen molar-refractivity contribution in [1.29, 1.82) is 0 Å². The van der Waals surface area contributed by atoms with E-state index >= 15 is 0 Å². The molecule has 1 aliphatic heterocycles. The number of nitrogens with zero attached hydrogens (tertiary/aromatic N) is 1. The quantitative estimate of drug-likeness (QED) is 0.719. The summed E-state index contributed by atoms with van der Waals surface area (Å²) in [6, 6.07) is 9.19. The number of aryl methyl sites for hydroxylation is 2. The summed E-state index contributed by atoms with van der Waals surface area (Å²) in [4.78, 5) is 24.8. The summed E-state index contributed by atoms with van der Waals surface area (Å²) in [5, 5.41) is 5.08. The first kappa shape index (κ1) is 22.4. The number of hydrogen-bond donors (Lipinski definition) is 2. The maximum Gasteiger partial charge on any atom is 0.254 e. The standard InChI is InChI=1S/C23H26FN3O4S/c1-25-23(29)20-14-18(6-8-21(20)24)26-22(28)16-9-11-27(12-10-16)32(30,31)19-7-5-15-3-2-4-17(15)13-19/h5-8,13-14,16H,2-4,9-12H2,1H3,(H,25,29)(H,26,28). The Morgan fingerprint density at radius 3 is 2.47 bits per heavy atom. The van der Waals surface area contributed by atoms with Crippen molar-refractivity contribution in [3.05, 3.63) is 58.9 Å². The van der Waals surface area contributed by atoms with Crippen molar-refractivity contribution in [3.63, 3.8) is 0 Å². The summed E-state index contributed by atoms with van der Waals surface area (Å²) in [5.41, 5.74) is 2.50. The van der Waals surface area contributed by atoms with Gasteiger partial charge >= 0.3 is 0 Å². The van der Waals surface area contributed by atoms with E-state index in [4.69, 9.17) is 0 Å². The number of benzene rings is 2. The molecule has 2 amide bonds. The highest BCUT2D eigenvalue weighted by Gasteiger charge is 2.32. The third kappa shape index (κ3) is 4.40. The van der Waals surface area contributed by atoms with Gasteiger partial charge in [-0.15, -0.1) is 0 Å². The zero-order chi connectivity index (χ0) is 22.9. The molecule has 170 valence electrons. The molecule has 4 rings (SSSR count). The minimum absolute atomic E-state index is 0.152. The van der Waals surface area contributed by atoms with E-state index in [-0.39, 0.29) is 30.5 Å². The normalized spacial score (nSPS) is 17.1.